The summed E-state index contributed by atoms with van der Waals surface area (Å²) in [5.41, 5.74) is 1.20. The average molecular weight is 219 g/mol. The third-order valence-corrected chi connectivity index (χ3v) is 2.11. The largest absolute Gasteiger partial charge is 0.445 e. The summed E-state index contributed by atoms with van der Waals surface area (Å²) in [5.74, 6) is 0.0551. The van der Waals surface area contributed by atoms with Crippen LogP contribution >= 0.6 is 0 Å². The summed E-state index contributed by atoms with van der Waals surface area (Å²) in [4.78, 5) is 3.98. The van der Waals surface area contributed by atoms with Gasteiger partial charge in [0.2, 0.25) is 5.89 Å². The number of rotatable bonds is 3. The van der Waals surface area contributed by atoms with E-state index in [2.05, 4.69) is 4.98 Å². The zero-order valence-corrected chi connectivity index (χ0v) is 8.43. The maximum Gasteiger partial charge on any atom is 0.225 e. The van der Waals surface area contributed by atoms with Crippen LogP contribution in [-0.2, 0) is 0 Å². The maximum absolute atomic E-state index is 13.3. The molecule has 1 N–H and O–H groups in total. The topological polar surface area (TPSA) is 46.3 Å². The van der Waals surface area contributed by atoms with Crippen LogP contribution in [0.5, 0.6) is 0 Å². The predicted octanol–water partition coefficient (Wildman–Crippen LogP) is 2.64. The highest BCUT2D eigenvalue weighted by Crippen LogP contribution is 2.21. The second kappa shape index (κ2) is 4.72. The Hall–Kier alpha value is -1.94. The summed E-state index contributed by atoms with van der Waals surface area (Å²) < 4.78 is 18.4. The van der Waals surface area contributed by atoms with Crippen LogP contribution in [0.3, 0.4) is 0 Å². The lowest BCUT2D eigenvalue weighted by molar-refractivity contribution is 0.342. The van der Waals surface area contributed by atoms with Crippen molar-refractivity contribution in [2.24, 2.45) is 0 Å². The van der Waals surface area contributed by atoms with Crippen molar-refractivity contribution in [1.82, 2.24) is 4.98 Å². The Morgan fingerprint density at radius 1 is 1.38 bits per heavy atom. The van der Waals surface area contributed by atoms with Gasteiger partial charge in [0.25, 0.3) is 0 Å². The fraction of sp³-hybridized carbons (Fsp3) is 0.0833. The molecule has 0 aliphatic heterocycles. The first-order valence-electron chi connectivity index (χ1n) is 4.78. The molecule has 0 saturated heterocycles. The normalized spacial score (nSPS) is 11.8. The van der Waals surface area contributed by atoms with Crippen molar-refractivity contribution in [3.63, 3.8) is 0 Å². The molecule has 0 saturated carbocycles. The molecule has 0 aliphatic carbocycles. The lowest BCUT2D eigenvalue weighted by Gasteiger charge is -1.99. The molecule has 0 unspecified atom stereocenters. The first-order chi connectivity index (χ1) is 7.81. The van der Waals surface area contributed by atoms with Gasteiger partial charge in [-0.2, -0.15) is 0 Å². The maximum atomic E-state index is 13.3. The van der Waals surface area contributed by atoms with Crippen LogP contribution in [0, 0.1) is 0 Å². The summed E-state index contributed by atoms with van der Waals surface area (Å²) in [6.45, 7) is -0.312. The number of aliphatic hydroxyl groups is 1. The molecular formula is C12H10FNO2. The Kier molecular flexibility index (Phi) is 3.12. The van der Waals surface area contributed by atoms with E-state index in [1.807, 2.05) is 0 Å². The molecule has 16 heavy (non-hydrogen) atoms. The molecule has 1 heterocycles. The van der Waals surface area contributed by atoms with E-state index in [0.717, 1.165) is 11.6 Å². The van der Waals surface area contributed by atoms with Crippen LogP contribution in [0.15, 0.2) is 47.2 Å². The van der Waals surface area contributed by atoms with Crippen molar-refractivity contribution in [1.29, 1.82) is 0 Å². The Balaban J connectivity index is 2.26. The number of nitrogens with zero attached hydrogens (tertiary/aromatic N) is 1. The van der Waals surface area contributed by atoms with Gasteiger partial charge in [-0.1, -0.05) is 12.1 Å². The second-order valence-electron chi connectivity index (χ2n) is 3.15. The van der Waals surface area contributed by atoms with Gasteiger partial charge >= 0.3 is 0 Å². The molecule has 2 rings (SSSR count). The van der Waals surface area contributed by atoms with Crippen LogP contribution in [0.1, 0.15) is 5.56 Å². The van der Waals surface area contributed by atoms with E-state index < -0.39 is 5.83 Å². The summed E-state index contributed by atoms with van der Waals surface area (Å²) in [6.07, 6.45) is 4.14. The zero-order valence-electron chi connectivity index (χ0n) is 8.43. The second-order valence-corrected chi connectivity index (χ2v) is 3.15. The molecule has 1 aromatic carbocycles. The molecule has 0 spiro atoms. The minimum absolute atomic E-state index is 0.312. The van der Waals surface area contributed by atoms with Crippen LogP contribution in [0.25, 0.3) is 17.3 Å². The first-order valence-corrected chi connectivity index (χ1v) is 4.78. The fourth-order valence-electron chi connectivity index (χ4n) is 1.34. The number of aliphatic hydroxyl groups excluding tert-OH is 1. The van der Waals surface area contributed by atoms with Crippen molar-refractivity contribution in [2.45, 2.75) is 0 Å². The van der Waals surface area contributed by atoms with E-state index in [1.165, 1.54) is 6.26 Å². The van der Waals surface area contributed by atoms with Gasteiger partial charge in [-0.15, -0.1) is 0 Å². The van der Waals surface area contributed by atoms with Gasteiger partial charge in [0.05, 0.1) is 12.8 Å². The van der Waals surface area contributed by atoms with Crippen molar-refractivity contribution >= 4 is 5.83 Å². The zero-order chi connectivity index (χ0) is 11.4. The van der Waals surface area contributed by atoms with E-state index in [4.69, 9.17) is 9.52 Å². The number of aromatic nitrogens is 1. The molecule has 0 aliphatic rings. The van der Waals surface area contributed by atoms with Gasteiger partial charge in [-0.05, 0) is 18.2 Å². The third kappa shape index (κ3) is 2.17. The minimum atomic E-state index is -0.443. The summed E-state index contributed by atoms with van der Waals surface area (Å²) in [7, 11) is 0. The number of halogens is 1. The summed E-state index contributed by atoms with van der Waals surface area (Å²) in [6, 6.07) is 6.65. The Bertz CT molecular complexity index is 474. The lowest BCUT2D eigenvalue weighted by atomic mass is 10.1. The van der Waals surface area contributed by atoms with Crippen LogP contribution in [0.2, 0.25) is 0 Å². The van der Waals surface area contributed by atoms with Gasteiger partial charge in [0, 0.05) is 11.1 Å². The van der Waals surface area contributed by atoms with Gasteiger partial charge in [0.15, 0.2) is 0 Å². The van der Waals surface area contributed by atoms with Crippen LogP contribution in [-0.4, -0.2) is 16.7 Å². The smallest absolute Gasteiger partial charge is 0.225 e. The number of oxazole rings is 1. The Morgan fingerprint density at radius 3 is 2.69 bits per heavy atom. The van der Waals surface area contributed by atoms with E-state index in [9.17, 15) is 4.39 Å². The van der Waals surface area contributed by atoms with Crippen molar-refractivity contribution in [3.05, 3.63) is 48.4 Å². The monoisotopic (exact) mass is 219 g/mol. The fourth-order valence-corrected chi connectivity index (χ4v) is 1.34. The summed E-state index contributed by atoms with van der Waals surface area (Å²) in [5, 5.41) is 8.56. The highest BCUT2D eigenvalue weighted by Gasteiger charge is 2.03. The van der Waals surface area contributed by atoms with Gasteiger partial charge in [-0.25, -0.2) is 9.37 Å². The molecule has 4 heteroatoms. The minimum Gasteiger partial charge on any atom is -0.445 e. The highest BCUT2D eigenvalue weighted by atomic mass is 19.1. The van der Waals surface area contributed by atoms with Gasteiger partial charge in [-0.3, -0.25) is 0 Å². The molecule has 0 fully saturated rings. The van der Waals surface area contributed by atoms with E-state index >= 15 is 0 Å². The highest BCUT2D eigenvalue weighted by molar-refractivity contribution is 5.63. The number of hydrogen-bond donors (Lipinski definition) is 1. The summed E-state index contributed by atoms with van der Waals surface area (Å²) >= 11 is 0. The molecule has 2 aromatic rings. The van der Waals surface area contributed by atoms with E-state index in [0.29, 0.717) is 11.5 Å². The quantitative estimate of drug-likeness (QED) is 0.863. The molecule has 3 nitrogen and oxygen atoms in total. The van der Waals surface area contributed by atoms with Gasteiger partial charge in [0.1, 0.15) is 12.1 Å². The van der Waals surface area contributed by atoms with E-state index in [1.54, 1.807) is 30.5 Å². The molecule has 0 amide bonds. The SMILES string of the molecule is OC/C=C(\F)c1ccc(-c2ncco2)cc1. The van der Waals surface area contributed by atoms with Crippen molar-refractivity contribution in [2.75, 3.05) is 6.61 Å². The van der Waals surface area contributed by atoms with Crippen molar-refractivity contribution in [3.8, 4) is 11.5 Å². The Morgan fingerprint density at radius 2 is 2.12 bits per heavy atom. The number of benzene rings is 1. The molecule has 0 bridgehead atoms. The first kappa shape index (κ1) is 10.6. The molecule has 82 valence electrons. The average Bonchev–Trinajstić information content (AvgIpc) is 2.83. The van der Waals surface area contributed by atoms with Gasteiger partial charge < -0.3 is 9.52 Å². The van der Waals surface area contributed by atoms with Crippen molar-refractivity contribution < 1.29 is 13.9 Å². The molecule has 0 radical (unpaired) electrons. The lowest BCUT2D eigenvalue weighted by Crippen LogP contribution is -1.82. The molecule has 0 atom stereocenters. The Labute approximate surface area is 91.9 Å². The predicted molar refractivity (Wildman–Crippen MR) is 58.1 cm³/mol. The van der Waals surface area contributed by atoms with Crippen LogP contribution in [0.4, 0.5) is 4.39 Å². The number of hydrogen-bond acceptors (Lipinski definition) is 3. The van der Waals surface area contributed by atoms with Crippen LogP contribution < -0.4 is 0 Å². The third-order valence-electron chi connectivity index (χ3n) is 2.11. The molecular weight excluding hydrogens is 209 g/mol. The standard InChI is InChI=1S/C12H10FNO2/c13-11(5-7-15)9-1-3-10(4-2-9)12-14-6-8-16-12/h1-6,8,15H,7H2/b11-5-. The van der Waals surface area contributed by atoms with E-state index in [-0.39, 0.29) is 6.61 Å². The molecule has 1 aromatic heterocycles.